The lowest BCUT2D eigenvalue weighted by atomic mass is 10.2. The standard InChI is InChI=1S/C5H10FN.ClH/c1-4-2-5(6)3-7-4;/h4-5,7H,2-3H2,1H3;1H/t4-,5-;/m1./s1. The molecule has 3 heteroatoms. The molecule has 0 aromatic heterocycles. The van der Waals surface area contributed by atoms with E-state index in [0.717, 1.165) is 0 Å². The molecule has 0 unspecified atom stereocenters. The highest BCUT2D eigenvalue weighted by Gasteiger charge is 2.18. The topological polar surface area (TPSA) is 12.0 Å². The smallest absolute Gasteiger partial charge is 0.114 e. The summed E-state index contributed by atoms with van der Waals surface area (Å²) in [6, 6.07) is 0.398. The lowest BCUT2D eigenvalue weighted by Crippen LogP contribution is -2.16. The highest BCUT2D eigenvalue weighted by Crippen LogP contribution is 2.07. The molecule has 0 amide bonds. The van der Waals surface area contributed by atoms with Crippen molar-refractivity contribution in [3.05, 3.63) is 0 Å². The zero-order valence-corrected chi connectivity index (χ0v) is 5.67. The first kappa shape index (κ1) is 8.18. The molecule has 1 N–H and O–H groups in total. The van der Waals surface area contributed by atoms with Crippen LogP contribution < -0.4 is 5.32 Å². The number of rotatable bonds is 0. The fraction of sp³-hybridized carbons (Fsp3) is 1.00. The van der Waals surface area contributed by atoms with Crippen molar-refractivity contribution in [1.29, 1.82) is 0 Å². The van der Waals surface area contributed by atoms with Gasteiger partial charge in [0.25, 0.3) is 0 Å². The summed E-state index contributed by atoms with van der Waals surface area (Å²) in [7, 11) is 0. The third-order valence-corrected chi connectivity index (χ3v) is 1.30. The molecule has 1 fully saturated rings. The van der Waals surface area contributed by atoms with Gasteiger partial charge < -0.3 is 5.32 Å². The van der Waals surface area contributed by atoms with Crippen molar-refractivity contribution in [2.75, 3.05) is 6.54 Å². The number of hydrogen-bond acceptors (Lipinski definition) is 1. The molecule has 0 aliphatic carbocycles. The first-order valence-corrected chi connectivity index (χ1v) is 2.66. The maximum absolute atomic E-state index is 12.1. The average molecular weight is 140 g/mol. The maximum atomic E-state index is 12.1. The van der Waals surface area contributed by atoms with Crippen LogP contribution in [0.2, 0.25) is 0 Å². The summed E-state index contributed by atoms with van der Waals surface area (Å²) >= 11 is 0. The molecule has 0 spiro atoms. The van der Waals surface area contributed by atoms with Crippen molar-refractivity contribution in [2.45, 2.75) is 25.6 Å². The number of alkyl halides is 1. The van der Waals surface area contributed by atoms with E-state index in [-0.39, 0.29) is 12.4 Å². The second-order valence-electron chi connectivity index (χ2n) is 2.14. The quantitative estimate of drug-likeness (QED) is 0.531. The van der Waals surface area contributed by atoms with Gasteiger partial charge >= 0.3 is 0 Å². The Hall–Kier alpha value is 0.180. The monoisotopic (exact) mass is 139 g/mol. The van der Waals surface area contributed by atoms with Crippen LogP contribution >= 0.6 is 12.4 Å². The molecular weight excluding hydrogens is 129 g/mol. The van der Waals surface area contributed by atoms with E-state index in [9.17, 15) is 4.39 Å². The molecule has 0 aromatic carbocycles. The predicted molar refractivity (Wildman–Crippen MR) is 34.2 cm³/mol. The van der Waals surface area contributed by atoms with Crippen molar-refractivity contribution >= 4 is 12.4 Å². The summed E-state index contributed by atoms with van der Waals surface area (Å²) < 4.78 is 12.1. The summed E-state index contributed by atoms with van der Waals surface area (Å²) in [4.78, 5) is 0. The molecule has 1 rings (SSSR count). The predicted octanol–water partition coefficient (Wildman–Crippen LogP) is 1.13. The number of hydrogen-bond donors (Lipinski definition) is 1. The van der Waals surface area contributed by atoms with Gasteiger partial charge in [0.15, 0.2) is 0 Å². The van der Waals surface area contributed by atoms with Crippen molar-refractivity contribution in [1.82, 2.24) is 5.32 Å². The van der Waals surface area contributed by atoms with Gasteiger partial charge in [0.1, 0.15) is 6.17 Å². The van der Waals surface area contributed by atoms with Crippen LogP contribution in [0.25, 0.3) is 0 Å². The lowest BCUT2D eigenvalue weighted by Gasteiger charge is -1.94. The first-order valence-electron chi connectivity index (χ1n) is 2.66. The molecule has 2 atom stereocenters. The van der Waals surface area contributed by atoms with Crippen LogP contribution in [0.15, 0.2) is 0 Å². The van der Waals surface area contributed by atoms with Crippen LogP contribution in [0.5, 0.6) is 0 Å². The van der Waals surface area contributed by atoms with E-state index < -0.39 is 6.17 Å². The van der Waals surface area contributed by atoms with Crippen LogP contribution in [0.3, 0.4) is 0 Å². The Morgan fingerprint density at radius 3 is 2.38 bits per heavy atom. The van der Waals surface area contributed by atoms with Crippen LogP contribution in [-0.2, 0) is 0 Å². The number of nitrogens with one attached hydrogen (secondary N) is 1. The Labute approximate surface area is 55.1 Å². The molecule has 1 nitrogen and oxygen atoms in total. The van der Waals surface area contributed by atoms with Gasteiger partial charge in [-0.25, -0.2) is 4.39 Å². The molecule has 1 heterocycles. The van der Waals surface area contributed by atoms with Gasteiger partial charge in [-0.1, -0.05) is 0 Å². The Balaban J connectivity index is 0.000000490. The van der Waals surface area contributed by atoms with E-state index in [1.165, 1.54) is 0 Å². The SMILES string of the molecule is C[C@@H]1C[C@@H](F)CN1.Cl. The van der Waals surface area contributed by atoms with E-state index in [2.05, 4.69) is 5.32 Å². The van der Waals surface area contributed by atoms with E-state index in [4.69, 9.17) is 0 Å². The second kappa shape index (κ2) is 3.25. The lowest BCUT2D eigenvalue weighted by molar-refractivity contribution is 0.357. The van der Waals surface area contributed by atoms with Gasteiger partial charge in [0.05, 0.1) is 0 Å². The summed E-state index contributed by atoms with van der Waals surface area (Å²) in [6.45, 7) is 2.56. The Morgan fingerprint density at radius 1 is 1.62 bits per heavy atom. The minimum Gasteiger partial charge on any atom is -0.311 e. The molecule has 0 saturated carbocycles. The molecule has 1 aliphatic heterocycles. The Bertz CT molecular complexity index is 61.4. The number of halogens is 2. The van der Waals surface area contributed by atoms with Crippen molar-refractivity contribution in [2.24, 2.45) is 0 Å². The molecule has 0 aromatic rings. The first-order chi connectivity index (χ1) is 3.29. The van der Waals surface area contributed by atoms with Gasteiger partial charge in [-0.15, -0.1) is 12.4 Å². The van der Waals surface area contributed by atoms with Crippen LogP contribution in [0.1, 0.15) is 13.3 Å². The summed E-state index contributed by atoms with van der Waals surface area (Å²) in [5.74, 6) is 0. The Kier molecular flexibility index (Phi) is 3.33. The van der Waals surface area contributed by atoms with E-state index in [0.29, 0.717) is 19.0 Å². The fourth-order valence-electron chi connectivity index (χ4n) is 0.879. The molecular formula is C5H11ClFN. The minimum atomic E-state index is -0.588. The molecule has 0 radical (unpaired) electrons. The van der Waals surface area contributed by atoms with Crippen molar-refractivity contribution in [3.8, 4) is 0 Å². The molecule has 0 bridgehead atoms. The third kappa shape index (κ3) is 1.97. The minimum absolute atomic E-state index is 0. The van der Waals surface area contributed by atoms with Crippen LogP contribution in [0, 0.1) is 0 Å². The van der Waals surface area contributed by atoms with Gasteiger partial charge in [0, 0.05) is 12.6 Å². The molecule has 1 aliphatic rings. The van der Waals surface area contributed by atoms with Crippen molar-refractivity contribution in [3.63, 3.8) is 0 Å². The van der Waals surface area contributed by atoms with E-state index in [1.54, 1.807) is 0 Å². The fourth-order valence-corrected chi connectivity index (χ4v) is 0.879. The third-order valence-electron chi connectivity index (χ3n) is 1.30. The summed E-state index contributed by atoms with van der Waals surface area (Å²) in [5.41, 5.74) is 0. The molecule has 1 saturated heterocycles. The highest BCUT2D eigenvalue weighted by atomic mass is 35.5. The zero-order valence-electron chi connectivity index (χ0n) is 4.86. The van der Waals surface area contributed by atoms with Crippen molar-refractivity contribution < 1.29 is 4.39 Å². The Morgan fingerprint density at radius 2 is 2.25 bits per heavy atom. The van der Waals surface area contributed by atoms with E-state index >= 15 is 0 Å². The average Bonchev–Trinajstić information content (AvgIpc) is 1.87. The normalized spacial score (nSPS) is 36.8. The largest absolute Gasteiger partial charge is 0.311 e. The molecule has 8 heavy (non-hydrogen) atoms. The van der Waals surface area contributed by atoms with Gasteiger partial charge in [-0.3, -0.25) is 0 Å². The van der Waals surface area contributed by atoms with Crippen LogP contribution in [-0.4, -0.2) is 18.8 Å². The zero-order chi connectivity index (χ0) is 5.28. The maximum Gasteiger partial charge on any atom is 0.114 e. The summed E-state index contributed by atoms with van der Waals surface area (Å²) in [5, 5.41) is 2.99. The second-order valence-corrected chi connectivity index (χ2v) is 2.14. The van der Waals surface area contributed by atoms with Gasteiger partial charge in [-0.2, -0.15) is 0 Å². The van der Waals surface area contributed by atoms with E-state index in [1.807, 2.05) is 6.92 Å². The summed E-state index contributed by atoms with van der Waals surface area (Å²) in [6.07, 6.45) is 0.106. The molecule has 50 valence electrons. The van der Waals surface area contributed by atoms with Crippen LogP contribution in [0.4, 0.5) is 4.39 Å². The van der Waals surface area contributed by atoms with Gasteiger partial charge in [-0.05, 0) is 13.3 Å². The highest BCUT2D eigenvalue weighted by molar-refractivity contribution is 5.85. The van der Waals surface area contributed by atoms with Gasteiger partial charge in [0.2, 0.25) is 0 Å².